The summed E-state index contributed by atoms with van der Waals surface area (Å²) in [5, 5.41) is 4.10. The van der Waals surface area contributed by atoms with Crippen molar-refractivity contribution in [2.45, 2.75) is 64.6 Å². The molecule has 2 aromatic rings. The first kappa shape index (κ1) is 24.4. The number of carbonyl (C=O) groups is 2. The van der Waals surface area contributed by atoms with Crippen LogP contribution in [0.15, 0.2) is 42.5 Å². The molecule has 1 aliphatic carbocycles. The maximum atomic E-state index is 13.3. The smallest absolute Gasteiger partial charge is 0.261 e. The van der Waals surface area contributed by atoms with Crippen molar-refractivity contribution in [2.24, 2.45) is 0 Å². The number of carbonyl (C=O) groups excluding carboxylic acids is 2. The molecule has 0 heterocycles. The highest BCUT2D eigenvalue weighted by Crippen LogP contribution is 2.24. The average Bonchev–Trinajstić information content (AvgIpc) is 3.27. The highest BCUT2D eigenvalue weighted by atomic mass is 35.5. The van der Waals surface area contributed by atoms with Gasteiger partial charge in [-0.15, -0.1) is 0 Å². The van der Waals surface area contributed by atoms with E-state index in [0.29, 0.717) is 22.2 Å². The van der Waals surface area contributed by atoms with Gasteiger partial charge in [0.2, 0.25) is 5.91 Å². The first-order chi connectivity index (χ1) is 15.4. The Morgan fingerprint density at radius 1 is 1.12 bits per heavy atom. The number of halogens is 2. The molecule has 0 saturated heterocycles. The van der Waals surface area contributed by atoms with E-state index in [4.69, 9.17) is 27.9 Å². The predicted octanol–water partition coefficient (Wildman–Crippen LogP) is 5.55. The van der Waals surface area contributed by atoms with E-state index >= 15 is 0 Å². The summed E-state index contributed by atoms with van der Waals surface area (Å²) < 4.78 is 5.72. The zero-order valence-electron chi connectivity index (χ0n) is 18.6. The summed E-state index contributed by atoms with van der Waals surface area (Å²) in [5.74, 6) is 0.204. The van der Waals surface area contributed by atoms with Gasteiger partial charge >= 0.3 is 0 Å². The number of amides is 2. The normalized spacial score (nSPS) is 14.8. The van der Waals surface area contributed by atoms with E-state index in [0.717, 1.165) is 36.8 Å². The summed E-state index contributed by atoms with van der Waals surface area (Å²) in [6, 6.07) is 12.2. The Hall–Kier alpha value is -2.24. The topological polar surface area (TPSA) is 58.6 Å². The van der Waals surface area contributed by atoms with Crippen molar-refractivity contribution in [3.8, 4) is 5.75 Å². The SMILES string of the molecule is CC[C@H](C(=O)NC1CCCC1)N(Cc1ccc(Cl)cc1Cl)C(=O)COc1ccc(C)cc1. The van der Waals surface area contributed by atoms with E-state index < -0.39 is 6.04 Å². The Labute approximate surface area is 200 Å². The molecule has 172 valence electrons. The lowest BCUT2D eigenvalue weighted by Crippen LogP contribution is -2.52. The number of hydrogen-bond acceptors (Lipinski definition) is 3. The minimum absolute atomic E-state index is 0.131. The molecule has 1 fully saturated rings. The van der Waals surface area contributed by atoms with Crippen LogP contribution in [0.1, 0.15) is 50.2 Å². The molecule has 7 heteroatoms. The largest absolute Gasteiger partial charge is 0.484 e. The Morgan fingerprint density at radius 3 is 2.44 bits per heavy atom. The van der Waals surface area contributed by atoms with E-state index in [9.17, 15) is 9.59 Å². The van der Waals surface area contributed by atoms with Crippen LogP contribution < -0.4 is 10.1 Å². The quantitative estimate of drug-likeness (QED) is 0.516. The number of ether oxygens (including phenoxy) is 1. The number of nitrogens with zero attached hydrogens (tertiary/aromatic N) is 1. The van der Waals surface area contributed by atoms with Crippen LogP contribution >= 0.6 is 23.2 Å². The van der Waals surface area contributed by atoms with Gasteiger partial charge in [0.1, 0.15) is 11.8 Å². The van der Waals surface area contributed by atoms with Crippen LogP contribution in [-0.4, -0.2) is 35.4 Å². The van der Waals surface area contributed by atoms with Crippen LogP contribution in [0.3, 0.4) is 0 Å². The monoisotopic (exact) mass is 476 g/mol. The van der Waals surface area contributed by atoms with Gasteiger partial charge in [0, 0.05) is 22.6 Å². The van der Waals surface area contributed by atoms with Crippen LogP contribution in [0, 0.1) is 6.92 Å². The van der Waals surface area contributed by atoms with Gasteiger partial charge in [-0.25, -0.2) is 0 Å². The first-order valence-corrected chi connectivity index (χ1v) is 11.9. The molecule has 0 bridgehead atoms. The molecule has 3 rings (SSSR count). The Balaban J connectivity index is 1.78. The van der Waals surface area contributed by atoms with Gasteiger partial charge in [-0.05, 0) is 56.0 Å². The molecule has 0 radical (unpaired) electrons. The molecule has 1 aliphatic rings. The Kier molecular flexibility index (Phi) is 8.83. The molecule has 0 unspecified atom stereocenters. The van der Waals surface area contributed by atoms with Gasteiger partial charge in [-0.3, -0.25) is 9.59 Å². The minimum Gasteiger partial charge on any atom is -0.484 e. The highest BCUT2D eigenvalue weighted by molar-refractivity contribution is 6.35. The van der Waals surface area contributed by atoms with Crippen LogP contribution in [-0.2, 0) is 16.1 Å². The van der Waals surface area contributed by atoms with Gasteiger partial charge < -0.3 is 15.0 Å². The van der Waals surface area contributed by atoms with Crippen molar-refractivity contribution < 1.29 is 14.3 Å². The lowest BCUT2D eigenvalue weighted by molar-refractivity contribution is -0.143. The molecule has 1 N–H and O–H groups in total. The average molecular weight is 477 g/mol. The second-order valence-corrected chi connectivity index (χ2v) is 9.12. The minimum atomic E-state index is -0.614. The molecule has 1 saturated carbocycles. The number of rotatable bonds is 9. The second-order valence-electron chi connectivity index (χ2n) is 8.27. The molecule has 0 aliphatic heterocycles. The summed E-state index contributed by atoms with van der Waals surface area (Å²) in [6.07, 6.45) is 4.69. The molecule has 0 aromatic heterocycles. The molecule has 0 spiro atoms. The third kappa shape index (κ3) is 6.63. The van der Waals surface area contributed by atoms with Crippen molar-refractivity contribution in [2.75, 3.05) is 6.61 Å². The van der Waals surface area contributed by atoms with E-state index in [1.807, 2.05) is 38.1 Å². The fourth-order valence-corrected chi connectivity index (χ4v) is 4.45. The fourth-order valence-electron chi connectivity index (χ4n) is 3.98. The van der Waals surface area contributed by atoms with Crippen LogP contribution in [0.5, 0.6) is 5.75 Å². The molecule has 5 nitrogen and oxygen atoms in total. The summed E-state index contributed by atoms with van der Waals surface area (Å²) in [7, 11) is 0. The summed E-state index contributed by atoms with van der Waals surface area (Å²) in [5.41, 5.74) is 1.84. The Morgan fingerprint density at radius 2 is 1.81 bits per heavy atom. The zero-order valence-corrected chi connectivity index (χ0v) is 20.1. The van der Waals surface area contributed by atoms with Crippen molar-refractivity contribution >= 4 is 35.0 Å². The van der Waals surface area contributed by atoms with E-state index in [2.05, 4.69) is 5.32 Å². The predicted molar refractivity (Wildman–Crippen MR) is 128 cm³/mol. The van der Waals surface area contributed by atoms with Crippen LogP contribution in [0.2, 0.25) is 10.0 Å². The number of aryl methyl sites for hydroxylation is 1. The fraction of sp³-hybridized carbons (Fsp3) is 0.440. The zero-order chi connectivity index (χ0) is 23.1. The Bertz CT molecular complexity index is 927. The third-order valence-corrected chi connectivity index (χ3v) is 6.41. The van der Waals surface area contributed by atoms with Gasteiger partial charge in [-0.1, -0.05) is 66.7 Å². The van der Waals surface area contributed by atoms with Crippen molar-refractivity contribution in [1.82, 2.24) is 10.2 Å². The van der Waals surface area contributed by atoms with Gasteiger partial charge in [-0.2, -0.15) is 0 Å². The van der Waals surface area contributed by atoms with Crippen LogP contribution in [0.25, 0.3) is 0 Å². The van der Waals surface area contributed by atoms with Crippen molar-refractivity contribution in [3.63, 3.8) is 0 Å². The lowest BCUT2D eigenvalue weighted by atomic mass is 10.1. The summed E-state index contributed by atoms with van der Waals surface area (Å²) >= 11 is 12.4. The lowest BCUT2D eigenvalue weighted by Gasteiger charge is -2.31. The number of benzene rings is 2. The van der Waals surface area contributed by atoms with E-state index in [1.54, 1.807) is 23.1 Å². The van der Waals surface area contributed by atoms with Gasteiger partial charge in [0.25, 0.3) is 5.91 Å². The highest BCUT2D eigenvalue weighted by Gasteiger charge is 2.31. The standard InChI is InChI=1S/C25H30Cl2N2O3/c1-3-23(25(31)28-20-6-4-5-7-20)29(15-18-10-11-19(26)14-22(18)27)24(30)16-32-21-12-8-17(2)9-13-21/h8-14,20,23H,3-7,15-16H2,1-2H3,(H,28,31)/t23-/m1/s1. The maximum absolute atomic E-state index is 13.3. The van der Waals surface area contributed by atoms with E-state index in [-0.39, 0.29) is 31.0 Å². The molecule has 1 atom stereocenters. The first-order valence-electron chi connectivity index (χ1n) is 11.1. The number of hydrogen-bond donors (Lipinski definition) is 1. The van der Waals surface area contributed by atoms with Crippen LogP contribution in [0.4, 0.5) is 0 Å². The van der Waals surface area contributed by atoms with Crippen molar-refractivity contribution in [3.05, 3.63) is 63.6 Å². The third-order valence-electron chi connectivity index (χ3n) is 5.83. The molecule has 2 amide bonds. The molecular weight excluding hydrogens is 447 g/mol. The summed E-state index contributed by atoms with van der Waals surface area (Å²) in [6.45, 7) is 3.93. The maximum Gasteiger partial charge on any atom is 0.261 e. The molecule has 2 aromatic carbocycles. The summed E-state index contributed by atoms with van der Waals surface area (Å²) in [4.78, 5) is 27.9. The molecule has 32 heavy (non-hydrogen) atoms. The number of nitrogens with one attached hydrogen (secondary N) is 1. The van der Waals surface area contributed by atoms with E-state index in [1.165, 1.54) is 0 Å². The van der Waals surface area contributed by atoms with Gasteiger partial charge in [0.05, 0.1) is 0 Å². The second kappa shape index (κ2) is 11.6. The molecular formula is C25H30Cl2N2O3. The van der Waals surface area contributed by atoms with Crippen molar-refractivity contribution in [1.29, 1.82) is 0 Å². The van der Waals surface area contributed by atoms with Gasteiger partial charge in [0.15, 0.2) is 6.61 Å².